The molecular weight excluding hydrogens is 384 g/mol. The molecule has 0 saturated heterocycles. The van der Waals surface area contributed by atoms with Crippen molar-refractivity contribution in [2.24, 2.45) is 0 Å². The normalized spacial score (nSPS) is 23.4. The number of fused-ring (bicyclic) bond motifs is 3. The smallest absolute Gasteiger partial charge is 0.271 e. The van der Waals surface area contributed by atoms with Crippen LogP contribution < -0.4 is 5.32 Å². The number of hydrogen-bond donors (Lipinski definition) is 1. The number of nitrogens with zero attached hydrogens (tertiary/aromatic N) is 3. The first-order chi connectivity index (χ1) is 13.9. The van der Waals surface area contributed by atoms with Gasteiger partial charge >= 0.3 is 0 Å². The Bertz CT molecular complexity index is 894. The highest BCUT2D eigenvalue weighted by Gasteiger charge is 2.48. The maximum absolute atomic E-state index is 13.6. The third kappa shape index (κ3) is 3.82. The minimum absolute atomic E-state index is 0.0146. The molecule has 1 fully saturated rings. The van der Waals surface area contributed by atoms with E-state index in [0.717, 1.165) is 29.6 Å². The number of hydrogen-bond acceptors (Lipinski definition) is 4. The summed E-state index contributed by atoms with van der Waals surface area (Å²) in [4.78, 5) is 30.9. The van der Waals surface area contributed by atoms with E-state index >= 15 is 0 Å². The van der Waals surface area contributed by atoms with E-state index in [9.17, 15) is 9.59 Å². The van der Waals surface area contributed by atoms with Crippen LogP contribution in [0.1, 0.15) is 55.9 Å². The lowest BCUT2D eigenvalue weighted by Crippen LogP contribution is -2.65. The van der Waals surface area contributed by atoms with Crippen molar-refractivity contribution < 1.29 is 9.59 Å². The lowest BCUT2D eigenvalue weighted by atomic mass is 9.93. The Hall–Kier alpha value is -1.86. The van der Waals surface area contributed by atoms with Crippen molar-refractivity contribution in [3.05, 3.63) is 23.2 Å². The maximum atomic E-state index is 13.6. The molecule has 7 heteroatoms. The fourth-order valence-electron chi connectivity index (χ4n) is 4.69. The summed E-state index contributed by atoms with van der Waals surface area (Å²) in [6, 6.07) is 4.25. The third-order valence-electron chi connectivity index (χ3n) is 6.50. The molecular formula is C22H32N4O2S. The maximum Gasteiger partial charge on any atom is 0.271 e. The molecule has 158 valence electrons. The zero-order chi connectivity index (χ0) is 20.6. The van der Waals surface area contributed by atoms with Crippen molar-refractivity contribution in [3.8, 4) is 0 Å². The number of carbonyl (C=O) groups excluding carboxylic acids is 2. The Morgan fingerprint density at radius 1 is 1.28 bits per heavy atom. The van der Waals surface area contributed by atoms with E-state index in [1.165, 1.54) is 25.7 Å². The molecule has 0 bridgehead atoms. The van der Waals surface area contributed by atoms with E-state index in [-0.39, 0.29) is 17.9 Å². The van der Waals surface area contributed by atoms with Crippen molar-refractivity contribution in [1.29, 1.82) is 0 Å². The molecule has 2 aromatic heterocycles. The van der Waals surface area contributed by atoms with Crippen LogP contribution in [-0.2, 0) is 11.3 Å². The molecule has 1 aliphatic carbocycles. The second-order valence-corrected chi connectivity index (χ2v) is 9.93. The number of likely N-dealkylation sites (N-methyl/N-ethyl adjacent to an activating group) is 1. The monoisotopic (exact) mass is 416 g/mol. The van der Waals surface area contributed by atoms with Crippen LogP contribution in [0.2, 0.25) is 0 Å². The van der Waals surface area contributed by atoms with Crippen LogP contribution in [0.15, 0.2) is 17.5 Å². The van der Waals surface area contributed by atoms with Crippen molar-refractivity contribution in [3.63, 3.8) is 0 Å². The quantitative estimate of drug-likeness (QED) is 0.761. The summed E-state index contributed by atoms with van der Waals surface area (Å²) in [6.45, 7) is 3.71. The van der Waals surface area contributed by atoms with Gasteiger partial charge in [-0.25, -0.2) is 0 Å². The fourth-order valence-corrected chi connectivity index (χ4v) is 5.51. The lowest BCUT2D eigenvalue weighted by molar-refractivity contribution is -0.133. The molecule has 2 aliphatic rings. The zero-order valence-electron chi connectivity index (χ0n) is 17.7. The molecule has 0 unspecified atom stereocenters. The van der Waals surface area contributed by atoms with Gasteiger partial charge in [-0.05, 0) is 51.4 Å². The third-order valence-corrected chi connectivity index (χ3v) is 7.35. The highest BCUT2D eigenvalue weighted by Crippen LogP contribution is 2.34. The minimum Gasteiger partial charge on any atom is -0.351 e. The minimum atomic E-state index is -0.889. The zero-order valence-corrected chi connectivity index (χ0v) is 18.6. The van der Waals surface area contributed by atoms with Gasteiger partial charge in [-0.3, -0.25) is 9.59 Å². The number of thiophene rings is 1. The SMILES string of the molecule is CN(C)CCN1C(=O)c2cc3sccc3n2C[C@]1(C)C(=O)NC1CCCCCC1. The van der Waals surface area contributed by atoms with Gasteiger partial charge < -0.3 is 19.7 Å². The van der Waals surface area contributed by atoms with Crippen LogP contribution in [0.25, 0.3) is 10.2 Å². The number of rotatable bonds is 5. The topological polar surface area (TPSA) is 57.6 Å². The Morgan fingerprint density at radius 3 is 2.69 bits per heavy atom. The van der Waals surface area contributed by atoms with E-state index in [4.69, 9.17) is 0 Å². The average Bonchev–Trinajstić information content (AvgIpc) is 3.16. The van der Waals surface area contributed by atoms with Gasteiger partial charge in [-0.15, -0.1) is 11.3 Å². The van der Waals surface area contributed by atoms with E-state index in [1.807, 2.05) is 37.0 Å². The molecule has 1 aliphatic heterocycles. The molecule has 6 nitrogen and oxygen atoms in total. The Balaban J connectivity index is 1.66. The predicted molar refractivity (Wildman–Crippen MR) is 117 cm³/mol. The Labute approximate surface area is 176 Å². The molecule has 2 amide bonds. The summed E-state index contributed by atoms with van der Waals surface area (Å²) >= 11 is 1.64. The summed E-state index contributed by atoms with van der Waals surface area (Å²) in [6.07, 6.45) is 6.92. The molecule has 1 atom stereocenters. The first kappa shape index (κ1) is 20.4. The van der Waals surface area contributed by atoms with Gasteiger partial charge in [-0.1, -0.05) is 25.7 Å². The molecule has 1 saturated carbocycles. The summed E-state index contributed by atoms with van der Waals surface area (Å²) in [7, 11) is 3.99. The molecule has 1 N–H and O–H groups in total. The van der Waals surface area contributed by atoms with E-state index in [2.05, 4.69) is 16.3 Å². The van der Waals surface area contributed by atoms with Crippen molar-refractivity contribution in [1.82, 2.24) is 19.7 Å². The van der Waals surface area contributed by atoms with Crippen LogP contribution in [0.5, 0.6) is 0 Å². The standard InChI is InChI=1S/C22H32N4O2S/c1-22(21(28)23-16-8-6-4-5-7-9-16)15-25-17-10-13-29-19(17)14-18(25)20(27)26(22)12-11-24(2)3/h10,13-14,16H,4-9,11-12,15H2,1-3H3,(H,23,28)/t22-/m1/s1. The van der Waals surface area contributed by atoms with Gasteiger partial charge in [0.1, 0.15) is 11.2 Å². The van der Waals surface area contributed by atoms with Gasteiger partial charge in [0.15, 0.2) is 0 Å². The van der Waals surface area contributed by atoms with E-state index < -0.39 is 5.54 Å². The van der Waals surface area contributed by atoms with E-state index in [0.29, 0.717) is 18.8 Å². The molecule has 0 spiro atoms. The second kappa shape index (κ2) is 8.11. The number of carbonyl (C=O) groups is 2. The first-order valence-electron chi connectivity index (χ1n) is 10.7. The fraction of sp³-hybridized carbons (Fsp3) is 0.636. The molecule has 0 radical (unpaired) electrons. The van der Waals surface area contributed by atoms with Gasteiger partial charge in [0, 0.05) is 19.1 Å². The number of nitrogens with one attached hydrogen (secondary N) is 1. The van der Waals surface area contributed by atoms with Crippen LogP contribution in [0, 0.1) is 0 Å². The van der Waals surface area contributed by atoms with Gasteiger partial charge in [0.25, 0.3) is 5.91 Å². The lowest BCUT2D eigenvalue weighted by Gasteiger charge is -2.45. The van der Waals surface area contributed by atoms with Gasteiger partial charge in [0.2, 0.25) is 5.91 Å². The van der Waals surface area contributed by atoms with E-state index in [1.54, 1.807) is 16.2 Å². The average molecular weight is 417 g/mol. The van der Waals surface area contributed by atoms with Crippen molar-refractivity contribution >= 4 is 33.4 Å². The molecule has 2 aromatic rings. The highest BCUT2D eigenvalue weighted by molar-refractivity contribution is 7.17. The van der Waals surface area contributed by atoms with Crippen molar-refractivity contribution in [2.45, 2.75) is 63.6 Å². The summed E-state index contributed by atoms with van der Waals surface area (Å²) in [5, 5.41) is 5.36. The van der Waals surface area contributed by atoms with Crippen LogP contribution in [0.4, 0.5) is 0 Å². The molecule has 3 heterocycles. The predicted octanol–water partition coefficient (Wildman–Crippen LogP) is 3.32. The number of aromatic nitrogens is 1. The Kier molecular flexibility index (Phi) is 5.71. The molecule has 29 heavy (non-hydrogen) atoms. The molecule has 4 rings (SSSR count). The van der Waals surface area contributed by atoms with Crippen LogP contribution in [-0.4, -0.2) is 64.9 Å². The second-order valence-electron chi connectivity index (χ2n) is 8.98. The van der Waals surface area contributed by atoms with Gasteiger partial charge in [-0.2, -0.15) is 0 Å². The molecule has 0 aromatic carbocycles. The summed E-state index contributed by atoms with van der Waals surface area (Å²) in [5.41, 5.74) is 0.866. The Morgan fingerprint density at radius 2 is 2.00 bits per heavy atom. The largest absolute Gasteiger partial charge is 0.351 e. The first-order valence-corrected chi connectivity index (χ1v) is 11.6. The number of amides is 2. The van der Waals surface area contributed by atoms with Crippen LogP contribution in [0.3, 0.4) is 0 Å². The van der Waals surface area contributed by atoms with Gasteiger partial charge in [0.05, 0.1) is 16.8 Å². The van der Waals surface area contributed by atoms with Crippen LogP contribution >= 0.6 is 11.3 Å². The highest BCUT2D eigenvalue weighted by atomic mass is 32.1. The summed E-state index contributed by atoms with van der Waals surface area (Å²) < 4.78 is 3.15. The van der Waals surface area contributed by atoms with Crippen molar-refractivity contribution in [2.75, 3.05) is 27.2 Å². The summed E-state index contributed by atoms with van der Waals surface area (Å²) in [5.74, 6) is -0.0562.